The number of carbonyl (C=O) groups excluding carboxylic acids is 3. The zero-order valence-electron chi connectivity index (χ0n) is 20.5. The molecule has 1 heterocycles. The summed E-state index contributed by atoms with van der Waals surface area (Å²) in [4.78, 5) is 39.1. The van der Waals surface area contributed by atoms with Crippen molar-refractivity contribution in [2.75, 3.05) is 11.9 Å². The number of aryl methyl sites for hydroxylation is 2. The average molecular weight is 505 g/mol. The third-order valence-corrected chi connectivity index (χ3v) is 7.34. The Bertz CT molecular complexity index is 1300. The number of anilines is 1. The minimum absolute atomic E-state index is 0.0391. The van der Waals surface area contributed by atoms with Crippen LogP contribution in [0.1, 0.15) is 61.1 Å². The van der Waals surface area contributed by atoms with Gasteiger partial charge in [0.25, 0.3) is 5.91 Å². The fourth-order valence-corrected chi connectivity index (χ4v) is 5.55. The number of dihydropyridines is 1. The topological polar surface area (TPSA) is 84.5 Å². The van der Waals surface area contributed by atoms with Crippen LogP contribution in [-0.2, 0) is 14.4 Å². The summed E-state index contributed by atoms with van der Waals surface area (Å²) in [6.07, 6.45) is 3.98. The first-order chi connectivity index (χ1) is 17.3. The van der Waals surface area contributed by atoms with Crippen LogP contribution in [0.15, 0.2) is 58.9 Å². The Kier molecular flexibility index (Phi) is 6.71. The van der Waals surface area contributed by atoms with Gasteiger partial charge in [0.05, 0.1) is 0 Å². The number of amides is 1. The SMILES string of the molecule is Cc1ccc(C)c(NC(=O)COc2ccc(Cl)cc2C2C3=C(CCCC3=O)NC3=C2C(=O)CCC3)c1. The molecule has 0 fully saturated rings. The number of halogens is 1. The van der Waals surface area contributed by atoms with E-state index >= 15 is 0 Å². The molecule has 2 aromatic rings. The molecule has 6 nitrogen and oxygen atoms in total. The minimum atomic E-state index is -0.548. The second-order valence-electron chi connectivity index (χ2n) is 9.73. The number of allylic oxidation sites excluding steroid dienone is 4. The molecule has 1 amide bonds. The van der Waals surface area contributed by atoms with Crippen LogP contribution in [0, 0.1) is 13.8 Å². The van der Waals surface area contributed by atoms with Crippen LogP contribution in [0.3, 0.4) is 0 Å². The van der Waals surface area contributed by atoms with E-state index in [1.165, 1.54) is 0 Å². The lowest BCUT2D eigenvalue weighted by molar-refractivity contribution is -0.119. The highest BCUT2D eigenvalue weighted by Gasteiger charge is 2.41. The Labute approximate surface area is 215 Å². The Balaban J connectivity index is 1.48. The minimum Gasteiger partial charge on any atom is -0.483 e. The van der Waals surface area contributed by atoms with Crippen molar-refractivity contribution in [2.45, 2.75) is 58.3 Å². The molecule has 2 N–H and O–H groups in total. The predicted octanol–water partition coefficient (Wildman–Crippen LogP) is 5.68. The quantitative estimate of drug-likeness (QED) is 0.547. The molecule has 36 heavy (non-hydrogen) atoms. The number of nitrogens with one attached hydrogen (secondary N) is 2. The zero-order valence-corrected chi connectivity index (χ0v) is 21.3. The fourth-order valence-electron chi connectivity index (χ4n) is 5.37. The molecule has 0 radical (unpaired) electrons. The zero-order chi connectivity index (χ0) is 25.4. The van der Waals surface area contributed by atoms with Crippen molar-refractivity contribution >= 4 is 34.8 Å². The number of hydrogen-bond donors (Lipinski definition) is 2. The van der Waals surface area contributed by atoms with Gasteiger partial charge in [-0.1, -0.05) is 23.7 Å². The van der Waals surface area contributed by atoms with Crippen molar-refractivity contribution in [3.63, 3.8) is 0 Å². The summed E-state index contributed by atoms with van der Waals surface area (Å²) in [6.45, 7) is 3.69. The molecule has 0 spiro atoms. The van der Waals surface area contributed by atoms with Crippen LogP contribution in [0.5, 0.6) is 5.75 Å². The first-order valence-corrected chi connectivity index (χ1v) is 12.8. The molecule has 2 aromatic carbocycles. The van der Waals surface area contributed by atoms with E-state index in [0.29, 0.717) is 40.3 Å². The Hall–Kier alpha value is -3.38. The lowest BCUT2D eigenvalue weighted by Crippen LogP contribution is -2.36. The van der Waals surface area contributed by atoms with E-state index in [9.17, 15) is 14.4 Å². The molecule has 0 aromatic heterocycles. The van der Waals surface area contributed by atoms with Crippen molar-refractivity contribution in [2.24, 2.45) is 0 Å². The van der Waals surface area contributed by atoms with Gasteiger partial charge in [-0.15, -0.1) is 0 Å². The van der Waals surface area contributed by atoms with E-state index in [2.05, 4.69) is 10.6 Å². The van der Waals surface area contributed by atoms with Crippen LogP contribution in [0.2, 0.25) is 5.02 Å². The molecule has 0 bridgehead atoms. The standard InChI is InChI=1S/C29H29ClN2O4/c1-16-9-10-17(2)22(13-16)32-26(35)15-36-25-12-11-18(30)14-19(25)27-28-20(5-3-7-23(28)33)31-21-6-4-8-24(34)29(21)27/h9-14,27,31H,3-8,15H2,1-2H3,(H,32,35). The van der Waals surface area contributed by atoms with Crippen LogP contribution >= 0.6 is 11.6 Å². The van der Waals surface area contributed by atoms with Gasteiger partial charge < -0.3 is 15.4 Å². The van der Waals surface area contributed by atoms with E-state index in [1.54, 1.807) is 18.2 Å². The first kappa shape index (κ1) is 24.3. The Morgan fingerprint density at radius 2 is 1.64 bits per heavy atom. The van der Waals surface area contributed by atoms with Crippen LogP contribution in [0.25, 0.3) is 0 Å². The highest BCUT2D eigenvalue weighted by Crippen LogP contribution is 2.48. The van der Waals surface area contributed by atoms with Crippen molar-refractivity contribution in [1.82, 2.24) is 5.32 Å². The van der Waals surface area contributed by atoms with Gasteiger partial charge in [0, 0.05) is 57.6 Å². The number of ether oxygens (including phenoxy) is 1. The monoisotopic (exact) mass is 504 g/mol. The predicted molar refractivity (Wildman–Crippen MR) is 139 cm³/mol. The maximum Gasteiger partial charge on any atom is 0.262 e. The van der Waals surface area contributed by atoms with Crippen LogP contribution in [0.4, 0.5) is 5.69 Å². The fraction of sp³-hybridized carbons (Fsp3) is 0.345. The number of Topliss-reactive ketones (excluding diaryl/α,β-unsaturated/α-hetero) is 2. The number of ketones is 2. The highest BCUT2D eigenvalue weighted by atomic mass is 35.5. The molecule has 1 aliphatic heterocycles. The molecule has 3 aliphatic rings. The van der Waals surface area contributed by atoms with Gasteiger partial charge in [-0.25, -0.2) is 0 Å². The second-order valence-corrected chi connectivity index (χ2v) is 10.2. The molecule has 0 unspecified atom stereocenters. The van der Waals surface area contributed by atoms with Gasteiger partial charge in [0.1, 0.15) is 5.75 Å². The molecular formula is C29H29ClN2O4. The smallest absolute Gasteiger partial charge is 0.262 e. The molecule has 5 rings (SSSR count). The normalized spacial score (nSPS) is 18.0. The lowest BCUT2D eigenvalue weighted by Gasteiger charge is -2.37. The summed E-state index contributed by atoms with van der Waals surface area (Å²) in [5, 5.41) is 6.81. The molecule has 0 saturated carbocycles. The van der Waals surface area contributed by atoms with Gasteiger partial charge in [-0.05, 0) is 74.9 Å². The van der Waals surface area contributed by atoms with E-state index in [0.717, 1.165) is 53.9 Å². The van der Waals surface area contributed by atoms with E-state index in [-0.39, 0.29) is 24.1 Å². The summed E-state index contributed by atoms with van der Waals surface area (Å²) in [7, 11) is 0. The summed E-state index contributed by atoms with van der Waals surface area (Å²) in [5.74, 6) is -0.322. The second kappa shape index (κ2) is 9.94. The maximum absolute atomic E-state index is 13.1. The molecule has 0 saturated heterocycles. The summed E-state index contributed by atoms with van der Waals surface area (Å²) in [6, 6.07) is 11.0. The molecule has 7 heteroatoms. The Morgan fingerprint density at radius 1 is 0.972 bits per heavy atom. The average Bonchev–Trinajstić information content (AvgIpc) is 2.84. The van der Waals surface area contributed by atoms with Gasteiger partial charge in [0.2, 0.25) is 0 Å². The third-order valence-electron chi connectivity index (χ3n) is 7.10. The van der Waals surface area contributed by atoms with Crippen molar-refractivity contribution in [3.05, 3.63) is 80.7 Å². The summed E-state index contributed by atoms with van der Waals surface area (Å²) >= 11 is 6.41. The van der Waals surface area contributed by atoms with Crippen molar-refractivity contribution < 1.29 is 19.1 Å². The van der Waals surface area contributed by atoms with E-state index in [1.807, 2.05) is 32.0 Å². The van der Waals surface area contributed by atoms with Gasteiger partial charge in [0.15, 0.2) is 18.2 Å². The molecular weight excluding hydrogens is 476 g/mol. The highest BCUT2D eigenvalue weighted by molar-refractivity contribution is 6.30. The first-order valence-electron chi connectivity index (χ1n) is 12.4. The van der Waals surface area contributed by atoms with E-state index in [4.69, 9.17) is 16.3 Å². The number of rotatable bonds is 5. The molecule has 0 atom stereocenters. The van der Waals surface area contributed by atoms with Crippen molar-refractivity contribution in [1.29, 1.82) is 0 Å². The van der Waals surface area contributed by atoms with Crippen LogP contribution < -0.4 is 15.4 Å². The van der Waals surface area contributed by atoms with E-state index < -0.39 is 5.92 Å². The Morgan fingerprint density at radius 3 is 2.31 bits per heavy atom. The lowest BCUT2D eigenvalue weighted by atomic mass is 9.71. The molecule has 2 aliphatic carbocycles. The third kappa shape index (κ3) is 4.70. The van der Waals surface area contributed by atoms with Gasteiger partial charge in [-0.2, -0.15) is 0 Å². The van der Waals surface area contributed by atoms with Gasteiger partial charge >= 0.3 is 0 Å². The number of carbonyl (C=O) groups is 3. The number of benzene rings is 2. The number of hydrogen-bond acceptors (Lipinski definition) is 5. The summed E-state index contributed by atoms with van der Waals surface area (Å²) in [5.41, 5.74) is 6.43. The van der Waals surface area contributed by atoms with Crippen molar-refractivity contribution in [3.8, 4) is 5.75 Å². The molecule has 186 valence electrons. The van der Waals surface area contributed by atoms with Gasteiger partial charge in [-0.3, -0.25) is 14.4 Å². The largest absolute Gasteiger partial charge is 0.483 e. The summed E-state index contributed by atoms with van der Waals surface area (Å²) < 4.78 is 6.02. The van der Waals surface area contributed by atoms with Crippen LogP contribution in [-0.4, -0.2) is 24.1 Å². The maximum atomic E-state index is 13.1.